The van der Waals surface area contributed by atoms with Crippen LogP contribution in [0.4, 0.5) is 11.4 Å². The molecule has 7 nitrogen and oxygen atoms in total. The van der Waals surface area contributed by atoms with E-state index in [0.29, 0.717) is 39.2 Å². The largest absolute Gasteiger partial charge is 0.503 e. The maximum atomic E-state index is 14.2. The Morgan fingerprint density at radius 2 is 1.70 bits per heavy atom. The number of para-hydroxylation sites is 2. The van der Waals surface area contributed by atoms with Crippen molar-refractivity contribution in [3.8, 4) is 16.3 Å². The Morgan fingerprint density at radius 3 is 2.38 bits per heavy atom. The van der Waals surface area contributed by atoms with E-state index >= 15 is 0 Å². The number of hydrogen-bond donors (Lipinski definition) is 1. The highest BCUT2D eigenvalue weighted by Gasteiger charge is 2.46. The number of aliphatic hydroxyl groups excluding tert-OH is 1. The second kappa shape index (κ2) is 11.4. The highest BCUT2D eigenvalue weighted by atomic mass is 32.1. The fourth-order valence-electron chi connectivity index (χ4n) is 4.78. The summed E-state index contributed by atoms with van der Waals surface area (Å²) in [7, 11) is 3.89. The molecule has 1 N–H and O–H groups in total. The summed E-state index contributed by atoms with van der Waals surface area (Å²) >= 11 is 1.26. The lowest BCUT2D eigenvalue weighted by atomic mass is 9.94. The van der Waals surface area contributed by atoms with Crippen LogP contribution in [0.25, 0.3) is 10.6 Å². The lowest BCUT2D eigenvalue weighted by molar-refractivity contribution is -0.117. The van der Waals surface area contributed by atoms with Gasteiger partial charge in [0.05, 0.1) is 34.5 Å². The van der Waals surface area contributed by atoms with Gasteiger partial charge in [-0.25, -0.2) is 4.98 Å². The first-order valence-electron chi connectivity index (χ1n) is 13.1. The standard InChI is InChI=1S/C32H31N3O4S/c1-5-19-39-25-14-10-9-13-24(25)35-27(21-15-17-23(18-16-21)34(3)4)26(29(37)32(35)38)28(36)30-20(2)33-31(40-30)22-11-7-6-8-12-22/h6-18,27,37H,5,19H2,1-4H3. The maximum absolute atomic E-state index is 14.2. The summed E-state index contributed by atoms with van der Waals surface area (Å²) in [5.74, 6) is -1.12. The van der Waals surface area contributed by atoms with Crippen LogP contribution in [-0.2, 0) is 4.79 Å². The highest BCUT2D eigenvalue weighted by Crippen LogP contribution is 2.46. The molecule has 1 aliphatic heterocycles. The molecule has 3 aromatic carbocycles. The van der Waals surface area contributed by atoms with Crippen molar-refractivity contribution < 1.29 is 19.4 Å². The molecule has 204 valence electrons. The first-order chi connectivity index (χ1) is 19.3. The van der Waals surface area contributed by atoms with Crippen molar-refractivity contribution in [1.29, 1.82) is 0 Å². The summed E-state index contributed by atoms with van der Waals surface area (Å²) in [6.45, 7) is 4.25. The molecule has 40 heavy (non-hydrogen) atoms. The predicted molar refractivity (Wildman–Crippen MR) is 159 cm³/mol. The van der Waals surface area contributed by atoms with Gasteiger partial charge in [-0.2, -0.15) is 0 Å². The Bertz CT molecular complexity index is 1580. The molecule has 2 heterocycles. The molecule has 0 spiro atoms. The minimum absolute atomic E-state index is 0.0271. The van der Waals surface area contributed by atoms with Gasteiger partial charge in [0.2, 0.25) is 5.78 Å². The fourth-order valence-corrected chi connectivity index (χ4v) is 5.81. The monoisotopic (exact) mass is 553 g/mol. The lowest BCUT2D eigenvalue weighted by Gasteiger charge is -2.28. The number of aromatic nitrogens is 1. The van der Waals surface area contributed by atoms with E-state index in [1.54, 1.807) is 19.1 Å². The third-order valence-corrected chi connectivity index (χ3v) is 7.99. The van der Waals surface area contributed by atoms with Crippen molar-refractivity contribution in [2.75, 3.05) is 30.5 Å². The van der Waals surface area contributed by atoms with E-state index in [2.05, 4.69) is 4.98 Å². The van der Waals surface area contributed by atoms with Gasteiger partial charge < -0.3 is 14.7 Å². The van der Waals surface area contributed by atoms with Crippen LogP contribution in [0.2, 0.25) is 0 Å². The molecule has 0 radical (unpaired) electrons. The molecule has 1 aromatic heterocycles. The molecule has 0 aliphatic carbocycles. The molecule has 1 atom stereocenters. The van der Waals surface area contributed by atoms with E-state index < -0.39 is 23.5 Å². The summed E-state index contributed by atoms with van der Waals surface area (Å²) in [6.07, 6.45) is 0.791. The first kappa shape index (κ1) is 27.1. The van der Waals surface area contributed by atoms with Crippen molar-refractivity contribution in [2.24, 2.45) is 0 Å². The smallest absolute Gasteiger partial charge is 0.294 e. The van der Waals surface area contributed by atoms with Crippen molar-refractivity contribution in [3.05, 3.63) is 106 Å². The van der Waals surface area contributed by atoms with Gasteiger partial charge >= 0.3 is 0 Å². The Balaban J connectivity index is 1.64. The topological polar surface area (TPSA) is 83.0 Å². The van der Waals surface area contributed by atoms with Gasteiger partial charge in [-0.15, -0.1) is 11.3 Å². The number of carbonyl (C=O) groups is 2. The third kappa shape index (κ3) is 4.98. The average molecular weight is 554 g/mol. The molecule has 8 heteroatoms. The quantitative estimate of drug-likeness (QED) is 0.231. The zero-order valence-corrected chi connectivity index (χ0v) is 23.7. The molecule has 0 saturated heterocycles. The molecular weight excluding hydrogens is 522 g/mol. The normalized spacial score (nSPS) is 15.1. The number of ketones is 1. The third-order valence-electron chi connectivity index (χ3n) is 6.79. The van der Waals surface area contributed by atoms with Gasteiger partial charge in [0, 0.05) is 25.3 Å². The fraction of sp³-hybridized carbons (Fsp3) is 0.219. The number of aryl methyl sites for hydroxylation is 1. The summed E-state index contributed by atoms with van der Waals surface area (Å²) in [5, 5.41) is 12.0. The van der Waals surface area contributed by atoms with E-state index in [4.69, 9.17) is 4.74 Å². The van der Waals surface area contributed by atoms with Gasteiger partial charge in [-0.05, 0) is 43.2 Å². The number of ether oxygens (including phenoxy) is 1. The van der Waals surface area contributed by atoms with E-state index in [9.17, 15) is 14.7 Å². The Labute approximate surface area is 238 Å². The molecule has 1 aliphatic rings. The summed E-state index contributed by atoms with van der Waals surface area (Å²) in [5.41, 5.74) is 3.63. The van der Waals surface area contributed by atoms with E-state index in [1.165, 1.54) is 16.2 Å². The number of nitrogens with zero attached hydrogens (tertiary/aromatic N) is 3. The zero-order valence-electron chi connectivity index (χ0n) is 22.9. The second-order valence-corrected chi connectivity index (χ2v) is 10.8. The summed E-state index contributed by atoms with van der Waals surface area (Å²) in [6, 6.07) is 23.6. The Kier molecular flexibility index (Phi) is 7.71. The first-order valence-corrected chi connectivity index (χ1v) is 14.0. The number of amides is 1. The number of thiazole rings is 1. The molecule has 0 saturated carbocycles. The SMILES string of the molecule is CCCOc1ccccc1N1C(=O)C(O)=C(C(=O)c2sc(-c3ccccc3)nc2C)C1c1ccc(N(C)C)cc1. The Hall–Kier alpha value is -4.43. The number of carbonyl (C=O) groups excluding carboxylic acids is 2. The maximum Gasteiger partial charge on any atom is 0.294 e. The number of aliphatic hydroxyl groups is 1. The van der Waals surface area contributed by atoms with Crippen molar-refractivity contribution in [2.45, 2.75) is 26.3 Å². The van der Waals surface area contributed by atoms with Crippen molar-refractivity contribution in [1.82, 2.24) is 4.98 Å². The number of hydrogen-bond acceptors (Lipinski definition) is 7. The molecular formula is C32H31N3O4S. The minimum Gasteiger partial charge on any atom is -0.503 e. The van der Waals surface area contributed by atoms with Crippen LogP contribution in [0.5, 0.6) is 5.75 Å². The number of benzene rings is 3. The lowest BCUT2D eigenvalue weighted by Crippen LogP contribution is -2.31. The van der Waals surface area contributed by atoms with E-state index in [1.807, 2.05) is 92.6 Å². The molecule has 1 amide bonds. The second-order valence-electron chi connectivity index (χ2n) is 9.77. The number of anilines is 2. The van der Waals surface area contributed by atoms with E-state index in [-0.39, 0.29) is 5.57 Å². The summed E-state index contributed by atoms with van der Waals surface area (Å²) < 4.78 is 5.98. The molecule has 0 bridgehead atoms. The highest BCUT2D eigenvalue weighted by molar-refractivity contribution is 7.17. The molecule has 1 unspecified atom stereocenters. The van der Waals surface area contributed by atoms with Crippen LogP contribution >= 0.6 is 11.3 Å². The van der Waals surface area contributed by atoms with Crippen LogP contribution in [0.1, 0.15) is 40.3 Å². The van der Waals surface area contributed by atoms with Crippen LogP contribution < -0.4 is 14.5 Å². The van der Waals surface area contributed by atoms with Crippen LogP contribution in [0.15, 0.2) is 90.2 Å². The number of Topliss-reactive ketones (excluding diaryl/α,β-unsaturated/α-hetero) is 1. The van der Waals surface area contributed by atoms with Gasteiger partial charge in [0.25, 0.3) is 5.91 Å². The Morgan fingerprint density at radius 1 is 1.02 bits per heavy atom. The molecule has 0 fully saturated rings. The van der Waals surface area contributed by atoms with Gasteiger partial charge in [-0.3, -0.25) is 14.5 Å². The summed E-state index contributed by atoms with van der Waals surface area (Å²) in [4.78, 5) is 36.4. The van der Waals surface area contributed by atoms with Gasteiger partial charge in [0.1, 0.15) is 10.8 Å². The van der Waals surface area contributed by atoms with Crippen LogP contribution in [0, 0.1) is 6.92 Å². The van der Waals surface area contributed by atoms with Gasteiger partial charge in [-0.1, -0.05) is 61.5 Å². The minimum atomic E-state index is -0.857. The van der Waals surface area contributed by atoms with Crippen molar-refractivity contribution >= 4 is 34.4 Å². The predicted octanol–water partition coefficient (Wildman–Crippen LogP) is 6.76. The number of rotatable bonds is 9. The average Bonchev–Trinajstić information content (AvgIpc) is 3.49. The van der Waals surface area contributed by atoms with E-state index in [0.717, 1.165) is 17.7 Å². The zero-order chi connectivity index (χ0) is 28.4. The van der Waals surface area contributed by atoms with Gasteiger partial charge in [0.15, 0.2) is 5.76 Å². The van der Waals surface area contributed by atoms with Crippen molar-refractivity contribution in [3.63, 3.8) is 0 Å². The van der Waals surface area contributed by atoms with Crippen LogP contribution in [-0.4, -0.2) is 42.5 Å². The molecule has 4 aromatic rings. The van der Waals surface area contributed by atoms with Crippen LogP contribution in [0.3, 0.4) is 0 Å². The molecule has 5 rings (SSSR count).